The maximum atomic E-state index is 10.7. The van der Waals surface area contributed by atoms with E-state index in [0.717, 1.165) is 7.11 Å². The molecule has 5 heteroatoms. The summed E-state index contributed by atoms with van der Waals surface area (Å²) in [5, 5.41) is 9.26. The van der Waals surface area contributed by atoms with Gasteiger partial charge in [-0.3, -0.25) is 0 Å². The monoisotopic (exact) mass is 191 g/mol. The Kier molecular flexibility index (Phi) is 8.37. The number of carbonyl (C=O) groups excluding carboxylic acids is 2. The molecule has 0 spiro atoms. The van der Waals surface area contributed by atoms with E-state index in [0.29, 0.717) is 6.29 Å². The van der Waals surface area contributed by atoms with Crippen molar-refractivity contribution in [3.63, 3.8) is 0 Å². The second kappa shape index (κ2) is 7.54. The highest BCUT2D eigenvalue weighted by molar-refractivity contribution is 5.71. The minimum atomic E-state index is -0.565. The smallest absolute Gasteiger partial charge is 0.408 e. The Bertz CT molecular complexity index is 151. The fourth-order valence-electron chi connectivity index (χ4n) is 0.439. The normalized spacial score (nSPS) is 9.31. The number of hydrogen-bond donors (Lipinski definition) is 2. The van der Waals surface area contributed by atoms with Crippen molar-refractivity contribution in [1.29, 1.82) is 0 Å². The van der Waals surface area contributed by atoms with Crippen LogP contribution in [-0.4, -0.2) is 36.7 Å². The first kappa shape index (κ1) is 14.4. The van der Waals surface area contributed by atoms with Gasteiger partial charge in [-0.15, -0.1) is 0 Å². The standard InChI is InChI=1S/C7H13NO3.CH4O/c1-7(2,3)11-6(10)8-4-5-9;1-2/h5H,4H2,1-3H3,(H,8,10);2H,1H3. The van der Waals surface area contributed by atoms with Crippen molar-refractivity contribution >= 4 is 12.4 Å². The number of nitrogens with one attached hydrogen (secondary N) is 1. The zero-order valence-corrected chi connectivity index (χ0v) is 8.46. The van der Waals surface area contributed by atoms with Gasteiger partial charge in [-0.1, -0.05) is 0 Å². The molecule has 78 valence electrons. The molecular formula is C8H17NO4. The first-order valence-electron chi connectivity index (χ1n) is 3.81. The van der Waals surface area contributed by atoms with Gasteiger partial charge in [0.1, 0.15) is 11.9 Å². The molecule has 0 heterocycles. The molecule has 0 aliphatic heterocycles. The number of aliphatic hydroxyl groups is 1. The second-order valence-electron chi connectivity index (χ2n) is 3.05. The van der Waals surface area contributed by atoms with E-state index in [-0.39, 0.29) is 6.54 Å². The summed E-state index contributed by atoms with van der Waals surface area (Å²) < 4.78 is 4.83. The van der Waals surface area contributed by atoms with Crippen molar-refractivity contribution in [2.24, 2.45) is 0 Å². The van der Waals surface area contributed by atoms with Crippen molar-refractivity contribution in [3.05, 3.63) is 0 Å². The Balaban J connectivity index is 0. The minimum absolute atomic E-state index is 0.00505. The van der Waals surface area contributed by atoms with Crippen LogP contribution in [0.25, 0.3) is 0 Å². The second-order valence-corrected chi connectivity index (χ2v) is 3.05. The Morgan fingerprint density at radius 1 is 1.46 bits per heavy atom. The molecule has 0 saturated heterocycles. The third kappa shape index (κ3) is 13.8. The van der Waals surface area contributed by atoms with E-state index in [1.54, 1.807) is 20.8 Å². The van der Waals surface area contributed by atoms with Gasteiger partial charge in [-0.25, -0.2) is 4.79 Å². The highest BCUT2D eigenvalue weighted by atomic mass is 16.6. The zero-order chi connectivity index (χ0) is 10.9. The third-order valence-electron chi connectivity index (χ3n) is 0.729. The molecule has 0 aliphatic carbocycles. The Morgan fingerprint density at radius 2 is 1.92 bits per heavy atom. The number of amides is 1. The van der Waals surface area contributed by atoms with E-state index in [9.17, 15) is 9.59 Å². The molecule has 0 radical (unpaired) electrons. The maximum Gasteiger partial charge on any atom is 0.408 e. The first-order valence-corrected chi connectivity index (χ1v) is 3.81. The highest BCUT2D eigenvalue weighted by Gasteiger charge is 2.14. The van der Waals surface area contributed by atoms with Gasteiger partial charge < -0.3 is 20.0 Å². The maximum absolute atomic E-state index is 10.7. The van der Waals surface area contributed by atoms with Crippen LogP contribution in [0.2, 0.25) is 0 Å². The summed E-state index contributed by atoms with van der Waals surface area (Å²) in [6, 6.07) is 0. The van der Waals surface area contributed by atoms with Gasteiger partial charge in [-0.2, -0.15) is 0 Å². The summed E-state index contributed by atoms with van der Waals surface area (Å²) in [7, 11) is 1.00. The summed E-state index contributed by atoms with van der Waals surface area (Å²) in [4.78, 5) is 20.5. The van der Waals surface area contributed by atoms with Gasteiger partial charge in [0.25, 0.3) is 0 Å². The number of ether oxygens (including phenoxy) is 1. The van der Waals surface area contributed by atoms with Crippen molar-refractivity contribution < 1.29 is 19.4 Å². The molecule has 0 aliphatic rings. The molecule has 0 aromatic rings. The Morgan fingerprint density at radius 3 is 2.23 bits per heavy atom. The van der Waals surface area contributed by atoms with Crippen molar-refractivity contribution in [2.45, 2.75) is 26.4 Å². The fourth-order valence-corrected chi connectivity index (χ4v) is 0.439. The summed E-state index contributed by atoms with van der Waals surface area (Å²) in [5.74, 6) is 0. The van der Waals surface area contributed by atoms with E-state index in [2.05, 4.69) is 5.32 Å². The summed E-state index contributed by atoms with van der Waals surface area (Å²) in [6.07, 6.45) is 0.0359. The van der Waals surface area contributed by atoms with Gasteiger partial charge >= 0.3 is 6.09 Å². The molecule has 2 N–H and O–H groups in total. The Hall–Kier alpha value is -1.10. The Labute approximate surface area is 78.1 Å². The molecular weight excluding hydrogens is 174 g/mol. The predicted molar refractivity (Wildman–Crippen MR) is 48.4 cm³/mol. The molecule has 0 aromatic carbocycles. The molecule has 5 nitrogen and oxygen atoms in total. The predicted octanol–water partition coefficient (Wildman–Crippen LogP) is 0.319. The lowest BCUT2D eigenvalue weighted by Gasteiger charge is -2.18. The van der Waals surface area contributed by atoms with Crippen LogP contribution in [0.4, 0.5) is 4.79 Å². The fraction of sp³-hybridized carbons (Fsp3) is 0.750. The average Bonchev–Trinajstić information content (AvgIpc) is 2.01. The highest BCUT2D eigenvalue weighted by Crippen LogP contribution is 2.05. The summed E-state index contributed by atoms with van der Waals surface area (Å²) >= 11 is 0. The molecule has 0 aromatic heterocycles. The van der Waals surface area contributed by atoms with Crippen LogP contribution >= 0.6 is 0 Å². The van der Waals surface area contributed by atoms with Crippen LogP contribution in [0.5, 0.6) is 0 Å². The van der Waals surface area contributed by atoms with E-state index >= 15 is 0 Å². The molecule has 0 fully saturated rings. The van der Waals surface area contributed by atoms with Gasteiger partial charge in [0.2, 0.25) is 0 Å². The molecule has 13 heavy (non-hydrogen) atoms. The van der Waals surface area contributed by atoms with Crippen molar-refractivity contribution in [1.82, 2.24) is 5.32 Å². The lowest BCUT2D eigenvalue weighted by Crippen LogP contribution is -2.33. The number of alkyl carbamates (subject to hydrolysis) is 1. The molecule has 0 bridgehead atoms. The number of hydrogen-bond acceptors (Lipinski definition) is 4. The number of carbonyl (C=O) groups is 2. The van der Waals surface area contributed by atoms with Crippen molar-refractivity contribution in [2.75, 3.05) is 13.7 Å². The average molecular weight is 191 g/mol. The van der Waals surface area contributed by atoms with Crippen LogP contribution in [0.1, 0.15) is 20.8 Å². The minimum Gasteiger partial charge on any atom is -0.444 e. The van der Waals surface area contributed by atoms with Gasteiger partial charge in [-0.05, 0) is 20.8 Å². The van der Waals surface area contributed by atoms with E-state index in [1.165, 1.54) is 0 Å². The zero-order valence-electron chi connectivity index (χ0n) is 8.46. The van der Waals surface area contributed by atoms with E-state index in [4.69, 9.17) is 9.84 Å². The first-order chi connectivity index (χ1) is 5.95. The van der Waals surface area contributed by atoms with E-state index < -0.39 is 11.7 Å². The number of aliphatic hydroxyl groups excluding tert-OH is 1. The van der Waals surface area contributed by atoms with Crippen LogP contribution in [0.15, 0.2) is 0 Å². The largest absolute Gasteiger partial charge is 0.444 e. The number of rotatable bonds is 2. The lowest BCUT2D eigenvalue weighted by atomic mass is 10.2. The van der Waals surface area contributed by atoms with E-state index in [1.807, 2.05) is 0 Å². The van der Waals surface area contributed by atoms with Gasteiger partial charge in [0, 0.05) is 7.11 Å². The van der Waals surface area contributed by atoms with Gasteiger partial charge in [0.15, 0.2) is 0 Å². The lowest BCUT2D eigenvalue weighted by molar-refractivity contribution is -0.107. The molecule has 0 unspecified atom stereocenters. The molecule has 0 rings (SSSR count). The number of aldehydes is 1. The van der Waals surface area contributed by atoms with Crippen LogP contribution in [-0.2, 0) is 9.53 Å². The van der Waals surface area contributed by atoms with Crippen LogP contribution in [0, 0.1) is 0 Å². The molecule has 0 saturated carbocycles. The van der Waals surface area contributed by atoms with Gasteiger partial charge in [0.05, 0.1) is 6.54 Å². The van der Waals surface area contributed by atoms with Crippen LogP contribution in [0.3, 0.4) is 0 Å². The summed E-state index contributed by atoms with van der Waals surface area (Å²) in [5.41, 5.74) is -0.507. The summed E-state index contributed by atoms with van der Waals surface area (Å²) in [6.45, 7) is 5.27. The topological polar surface area (TPSA) is 75.6 Å². The SMILES string of the molecule is CC(C)(C)OC(=O)NCC=O.CO. The van der Waals surface area contributed by atoms with Crippen molar-refractivity contribution in [3.8, 4) is 0 Å². The molecule has 1 amide bonds. The quantitative estimate of drug-likeness (QED) is 0.616. The van der Waals surface area contributed by atoms with Crippen LogP contribution < -0.4 is 5.32 Å². The molecule has 0 atom stereocenters. The third-order valence-corrected chi connectivity index (χ3v) is 0.729.